The number of halogens is 1. The van der Waals surface area contributed by atoms with Crippen LogP contribution in [-0.4, -0.2) is 22.8 Å². The number of ether oxygens (including phenoxy) is 1. The number of hydrogen-bond acceptors (Lipinski definition) is 3. The van der Waals surface area contributed by atoms with Gasteiger partial charge in [-0.05, 0) is 35.9 Å². The Hall–Kier alpha value is -2.79. The maximum atomic E-state index is 12.3. The molecule has 1 amide bonds. The fourth-order valence-electron chi connectivity index (χ4n) is 3.18. The summed E-state index contributed by atoms with van der Waals surface area (Å²) in [5.41, 5.74) is 2.81. The molecular weight excluding hydrogens is 338 g/mol. The molecule has 25 heavy (non-hydrogen) atoms. The van der Waals surface area contributed by atoms with Crippen molar-refractivity contribution in [3.8, 4) is 11.4 Å². The standard InChI is InChI=1S/C19H16ClN3O2/c1-25-15-7-2-4-12(8-15)16-10-18(24)22-19-17(16)11-21-23(19)14-6-3-5-13(20)9-14/h2-9,11,16H,10H2,1H3,(H,22,24)/t16-/m0/s1. The molecule has 2 aromatic carbocycles. The molecule has 0 fully saturated rings. The Kier molecular flexibility index (Phi) is 3.93. The van der Waals surface area contributed by atoms with Crippen LogP contribution in [0.4, 0.5) is 5.82 Å². The van der Waals surface area contributed by atoms with Gasteiger partial charge in [-0.25, -0.2) is 4.68 Å². The zero-order chi connectivity index (χ0) is 17.4. The number of anilines is 1. The smallest absolute Gasteiger partial charge is 0.226 e. The van der Waals surface area contributed by atoms with Crippen LogP contribution in [0.1, 0.15) is 23.5 Å². The molecule has 0 radical (unpaired) electrons. The second-order valence-corrected chi connectivity index (χ2v) is 6.36. The highest BCUT2D eigenvalue weighted by Gasteiger charge is 2.30. The van der Waals surface area contributed by atoms with Crippen LogP contribution in [0.2, 0.25) is 5.02 Å². The Morgan fingerprint density at radius 2 is 2.08 bits per heavy atom. The van der Waals surface area contributed by atoms with Gasteiger partial charge in [-0.3, -0.25) is 4.79 Å². The van der Waals surface area contributed by atoms with Gasteiger partial charge in [0.15, 0.2) is 0 Å². The molecule has 0 aliphatic carbocycles. The quantitative estimate of drug-likeness (QED) is 0.774. The van der Waals surface area contributed by atoms with Crippen molar-refractivity contribution in [2.75, 3.05) is 12.4 Å². The molecule has 2 heterocycles. The van der Waals surface area contributed by atoms with Crippen molar-refractivity contribution in [3.63, 3.8) is 0 Å². The summed E-state index contributed by atoms with van der Waals surface area (Å²) >= 11 is 6.09. The predicted octanol–water partition coefficient (Wildman–Crippen LogP) is 4.01. The van der Waals surface area contributed by atoms with E-state index in [4.69, 9.17) is 16.3 Å². The average Bonchev–Trinajstić information content (AvgIpc) is 3.04. The van der Waals surface area contributed by atoms with Gasteiger partial charge in [-0.15, -0.1) is 0 Å². The number of benzene rings is 2. The Labute approximate surface area is 150 Å². The number of methoxy groups -OCH3 is 1. The first-order valence-electron chi connectivity index (χ1n) is 7.93. The highest BCUT2D eigenvalue weighted by atomic mass is 35.5. The van der Waals surface area contributed by atoms with Crippen molar-refractivity contribution in [2.24, 2.45) is 0 Å². The van der Waals surface area contributed by atoms with Crippen molar-refractivity contribution in [1.29, 1.82) is 0 Å². The molecule has 5 nitrogen and oxygen atoms in total. The van der Waals surface area contributed by atoms with E-state index in [9.17, 15) is 4.79 Å². The first-order valence-corrected chi connectivity index (χ1v) is 8.31. The van der Waals surface area contributed by atoms with Gasteiger partial charge >= 0.3 is 0 Å². The predicted molar refractivity (Wildman–Crippen MR) is 96.7 cm³/mol. The van der Waals surface area contributed by atoms with E-state index in [1.54, 1.807) is 24.1 Å². The summed E-state index contributed by atoms with van der Waals surface area (Å²) in [6.45, 7) is 0. The molecule has 1 aliphatic rings. The molecule has 0 spiro atoms. The highest BCUT2D eigenvalue weighted by Crippen LogP contribution is 2.39. The Morgan fingerprint density at radius 3 is 2.88 bits per heavy atom. The fourth-order valence-corrected chi connectivity index (χ4v) is 3.36. The largest absolute Gasteiger partial charge is 0.497 e. The summed E-state index contributed by atoms with van der Waals surface area (Å²) in [6.07, 6.45) is 2.18. The molecule has 1 aliphatic heterocycles. The van der Waals surface area contributed by atoms with E-state index >= 15 is 0 Å². The van der Waals surface area contributed by atoms with E-state index in [1.807, 2.05) is 42.5 Å². The molecule has 0 bridgehead atoms. The van der Waals surface area contributed by atoms with Gasteiger partial charge in [0.2, 0.25) is 5.91 Å². The number of amides is 1. The van der Waals surface area contributed by atoms with Gasteiger partial charge < -0.3 is 10.1 Å². The Bertz CT molecular complexity index is 951. The number of hydrogen-bond donors (Lipinski definition) is 1. The maximum Gasteiger partial charge on any atom is 0.226 e. The van der Waals surface area contributed by atoms with Crippen molar-refractivity contribution in [2.45, 2.75) is 12.3 Å². The van der Waals surface area contributed by atoms with E-state index < -0.39 is 0 Å². The molecule has 1 aromatic heterocycles. The normalized spacial score (nSPS) is 16.2. The highest BCUT2D eigenvalue weighted by molar-refractivity contribution is 6.30. The van der Waals surface area contributed by atoms with Crippen LogP contribution in [-0.2, 0) is 4.79 Å². The SMILES string of the molecule is COc1cccc([C@@H]2CC(=O)Nc3c2cnn3-c2cccc(Cl)c2)c1. The number of fused-ring (bicyclic) bond motifs is 1. The number of carbonyl (C=O) groups is 1. The van der Waals surface area contributed by atoms with E-state index in [0.717, 1.165) is 22.6 Å². The van der Waals surface area contributed by atoms with E-state index in [2.05, 4.69) is 10.4 Å². The van der Waals surface area contributed by atoms with Crippen LogP contribution in [0, 0.1) is 0 Å². The number of nitrogens with zero attached hydrogens (tertiary/aromatic N) is 2. The topological polar surface area (TPSA) is 56.1 Å². The lowest BCUT2D eigenvalue weighted by atomic mass is 9.87. The van der Waals surface area contributed by atoms with E-state index in [1.165, 1.54) is 0 Å². The van der Waals surface area contributed by atoms with Crippen molar-refractivity contribution >= 4 is 23.3 Å². The van der Waals surface area contributed by atoms with Crippen LogP contribution < -0.4 is 10.1 Å². The van der Waals surface area contributed by atoms with Crippen LogP contribution in [0.25, 0.3) is 5.69 Å². The first-order chi connectivity index (χ1) is 12.2. The fraction of sp³-hybridized carbons (Fsp3) is 0.158. The molecular formula is C19H16ClN3O2. The molecule has 0 saturated heterocycles. The van der Waals surface area contributed by atoms with Crippen molar-refractivity contribution in [1.82, 2.24) is 9.78 Å². The summed E-state index contributed by atoms with van der Waals surface area (Å²) < 4.78 is 7.03. The summed E-state index contributed by atoms with van der Waals surface area (Å²) in [6, 6.07) is 15.2. The van der Waals surface area contributed by atoms with E-state index in [0.29, 0.717) is 17.3 Å². The summed E-state index contributed by atoms with van der Waals surface area (Å²) in [5, 5.41) is 8.03. The molecule has 1 N–H and O–H groups in total. The molecule has 6 heteroatoms. The van der Waals surface area contributed by atoms with Crippen molar-refractivity contribution in [3.05, 3.63) is 70.9 Å². The lowest BCUT2D eigenvalue weighted by molar-refractivity contribution is -0.116. The molecule has 126 valence electrons. The monoisotopic (exact) mass is 353 g/mol. The third kappa shape index (κ3) is 2.87. The minimum atomic E-state index is -0.0632. The number of nitrogens with one attached hydrogen (secondary N) is 1. The van der Waals surface area contributed by atoms with Gasteiger partial charge in [0, 0.05) is 22.9 Å². The van der Waals surface area contributed by atoms with Gasteiger partial charge in [-0.2, -0.15) is 5.10 Å². The van der Waals surface area contributed by atoms with E-state index in [-0.39, 0.29) is 11.8 Å². The van der Waals surface area contributed by atoms with Gasteiger partial charge in [0.1, 0.15) is 11.6 Å². The van der Waals surface area contributed by atoms with Gasteiger partial charge in [-0.1, -0.05) is 29.8 Å². The number of rotatable bonds is 3. The summed E-state index contributed by atoms with van der Waals surface area (Å²) in [4.78, 5) is 12.3. The number of carbonyl (C=O) groups excluding carboxylic acids is 1. The van der Waals surface area contributed by atoms with Crippen molar-refractivity contribution < 1.29 is 9.53 Å². The first kappa shape index (κ1) is 15.7. The molecule has 3 aromatic rings. The lowest BCUT2D eigenvalue weighted by Gasteiger charge is -2.24. The maximum absolute atomic E-state index is 12.3. The molecule has 0 unspecified atom stereocenters. The second-order valence-electron chi connectivity index (χ2n) is 5.92. The second kappa shape index (κ2) is 6.26. The van der Waals surface area contributed by atoms with Crippen LogP contribution in [0.5, 0.6) is 5.75 Å². The summed E-state index contributed by atoms with van der Waals surface area (Å²) in [7, 11) is 1.63. The third-order valence-electron chi connectivity index (χ3n) is 4.37. The third-order valence-corrected chi connectivity index (χ3v) is 4.60. The minimum Gasteiger partial charge on any atom is -0.497 e. The van der Waals surface area contributed by atoms with Gasteiger partial charge in [0.25, 0.3) is 0 Å². The minimum absolute atomic E-state index is 0.0379. The van der Waals surface area contributed by atoms with Crippen LogP contribution >= 0.6 is 11.6 Å². The van der Waals surface area contributed by atoms with Crippen LogP contribution in [0.15, 0.2) is 54.7 Å². The average molecular weight is 354 g/mol. The number of aromatic nitrogens is 2. The summed E-state index contributed by atoms with van der Waals surface area (Å²) in [5.74, 6) is 1.36. The molecule has 4 rings (SSSR count). The van der Waals surface area contributed by atoms with Gasteiger partial charge in [0.05, 0.1) is 19.0 Å². The Morgan fingerprint density at radius 1 is 1.24 bits per heavy atom. The van der Waals surface area contributed by atoms with Crippen LogP contribution in [0.3, 0.4) is 0 Å². The molecule has 1 atom stereocenters. The Balaban J connectivity index is 1.81. The molecule has 0 saturated carbocycles. The zero-order valence-corrected chi connectivity index (χ0v) is 14.3. The lowest BCUT2D eigenvalue weighted by Crippen LogP contribution is -2.24. The zero-order valence-electron chi connectivity index (χ0n) is 13.6.